The third-order valence-electron chi connectivity index (χ3n) is 5.24. The highest BCUT2D eigenvalue weighted by Gasteiger charge is 2.33. The first-order valence-corrected chi connectivity index (χ1v) is 9.46. The molecule has 3 heterocycles. The van der Waals surface area contributed by atoms with Crippen LogP contribution in [0.25, 0.3) is 5.65 Å². The molecule has 0 bridgehead atoms. The number of hydrogen-bond donors (Lipinski definition) is 1. The first kappa shape index (κ1) is 19.5. The van der Waals surface area contributed by atoms with Gasteiger partial charge >= 0.3 is 11.2 Å². The highest BCUT2D eigenvalue weighted by Crippen LogP contribution is 2.27. The van der Waals surface area contributed by atoms with Gasteiger partial charge in [-0.05, 0) is 17.7 Å². The highest BCUT2D eigenvalue weighted by atomic mass is 16.6. The van der Waals surface area contributed by atoms with Crippen molar-refractivity contribution in [3.8, 4) is 0 Å². The van der Waals surface area contributed by atoms with Gasteiger partial charge in [-0.3, -0.25) is 29.0 Å². The third-order valence-corrected chi connectivity index (χ3v) is 5.24. The van der Waals surface area contributed by atoms with Gasteiger partial charge in [0.25, 0.3) is 0 Å². The van der Waals surface area contributed by atoms with Crippen molar-refractivity contribution in [2.75, 3.05) is 31.1 Å². The number of benzene rings is 1. The van der Waals surface area contributed by atoms with E-state index in [9.17, 15) is 19.7 Å². The Hall–Kier alpha value is -3.79. The first-order valence-electron chi connectivity index (χ1n) is 9.46. The Kier molecular flexibility index (Phi) is 5.15. The molecular weight excluding hydrogens is 388 g/mol. The number of piperazine rings is 1. The molecule has 0 saturated carbocycles. The van der Waals surface area contributed by atoms with Crippen LogP contribution in [0.3, 0.4) is 0 Å². The molecule has 0 radical (unpaired) electrons. The Bertz CT molecular complexity index is 1150. The summed E-state index contributed by atoms with van der Waals surface area (Å²) in [5.74, 6) is -0.408. The monoisotopic (exact) mass is 408 g/mol. The Balaban J connectivity index is 1.64. The predicted octanol–water partition coefficient (Wildman–Crippen LogP) is 0.951. The fourth-order valence-electron chi connectivity index (χ4n) is 3.83. The van der Waals surface area contributed by atoms with E-state index < -0.39 is 28.1 Å². The number of anilines is 1. The fourth-order valence-corrected chi connectivity index (χ4v) is 3.83. The van der Waals surface area contributed by atoms with Crippen LogP contribution < -0.4 is 16.2 Å². The summed E-state index contributed by atoms with van der Waals surface area (Å²) < 4.78 is 1.16. The van der Waals surface area contributed by atoms with Gasteiger partial charge in [-0.1, -0.05) is 36.4 Å². The molecule has 1 atom stereocenters. The summed E-state index contributed by atoms with van der Waals surface area (Å²) >= 11 is 0. The largest absolute Gasteiger partial charge is 0.376 e. The van der Waals surface area contributed by atoms with E-state index in [-0.39, 0.29) is 5.82 Å². The van der Waals surface area contributed by atoms with Crippen molar-refractivity contribution in [2.45, 2.75) is 6.04 Å². The number of primary amides is 1. The SMILES string of the molecule is NC(=O)C(c1ccccc1)N1CCN(c2nc3ccccn3c(=O)c2[N+](=O)[O-])CC1. The van der Waals surface area contributed by atoms with Crippen molar-refractivity contribution < 1.29 is 9.72 Å². The van der Waals surface area contributed by atoms with Gasteiger partial charge in [-0.15, -0.1) is 0 Å². The van der Waals surface area contributed by atoms with E-state index in [1.54, 1.807) is 23.1 Å². The Morgan fingerprint density at radius 1 is 1.07 bits per heavy atom. The molecule has 1 amide bonds. The van der Waals surface area contributed by atoms with Gasteiger partial charge in [0.05, 0.1) is 4.92 Å². The molecule has 4 rings (SSSR count). The van der Waals surface area contributed by atoms with Gasteiger partial charge in [0.1, 0.15) is 11.7 Å². The fraction of sp³-hybridized carbons (Fsp3) is 0.250. The molecule has 2 aromatic heterocycles. The molecule has 1 unspecified atom stereocenters. The van der Waals surface area contributed by atoms with Crippen molar-refractivity contribution in [1.82, 2.24) is 14.3 Å². The number of nitrogens with two attached hydrogens (primary N) is 1. The number of nitro groups is 1. The number of rotatable bonds is 5. The lowest BCUT2D eigenvalue weighted by molar-refractivity contribution is -0.385. The first-order chi connectivity index (χ1) is 14.5. The van der Waals surface area contributed by atoms with Crippen LogP contribution in [0.2, 0.25) is 0 Å². The quantitative estimate of drug-likeness (QED) is 0.492. The number of nitrogens with zero attached hydrogens (tertiary/aromatic N) is 5. The van der Waals surface area contributed by atoms with Crippen LogP contribution in [-0.2, 0) is 4.79 Å². The van der Waals surface area contributed by atoms with Crippen LogP contribution in [-0.4, -0.2) is 51.3 Å². The van der Waals surface area contributed by atoms with Gasteiger partial charge in [0.15, 0.2) is 0 Å². The summed E-state index contributed by atoms with van der Waals surface area (Å²) in [6.45, 7) is 1.62. The van der Waals surface area contributed by atoms with E-state index in [1.165, 1.54) is 6.20 Å². The van der Waals surface area contributed by atoms with Gasteiger partial charge in [0, 0.05) is 32.4 Å². The number of carbonyl (C=O) groups excluding carboxylic acids is 1. The van der Waals surface area contributed by atoms with Gasteiger partial charge < -0.3 is 10.6 Å². The zero-order chi connectivity index (χ0) is 21.3. The molecule has 10 nitrogen and oxygen atoms in total. The molecule has 2 N–H and O–H groups in total. The zero-order valence-electron chi connectivity index (χ0n) is 16.0. The second-order valence-electron chi connectivity index (χ2n) is 7.01. The average molecular weight is 408 g/mol. The normalized spacial score (nSPS) is 15.8. The predicted molar refractivity (Wildman–Crippen MR) is 110 cm³/mol. The van der Waals surface area contributed by atoms with Crippen LogP contribution in [0.4, 0.5) is 11.5 Å². The maximum atomic E-state index is 12.7. The van der Waals surface area contributed by atoms with Crippen molar-refractivity contribution in [3.05, 3.63) is 80.8 Å². The molecule has 1 aromatic carbocycles. The molecule has 154 valence electrons. The number of aromatic nitrogens is 2. The molecule has 30 heavy (non-hydrogen) atoms. The van der Waals surface area contributed by atoms with Crippen molar-refractivity contribution in [2.24, 2.45) is 5.73 Å². The Labute approximate surface area is 171 Å². The van der Waals surface area contributed by atoms with E-state index in [0.717, 1.165) is 9.96 Å². The van der Waals surface area contributed by atoms with E-state index in [1.807, 2.05) is 35.2 Å². The second kappa shape index (κ2) is 7.91. The molecule has 3 aromatic rings. The van der Waals surface area contributed by atoms with Crippen LogP contribution in [0.5, 0.6) is 0 Å². The number of amides is 1. The van der Waals surface area contributed by atoms with E-state index >= 15 is 0 Å². The smallest absolute Gasteiger partial charge is 0.368 e. The Morgan fingerprint density at radius 3 is 2.37 bits per heavy atom. The average Bonchev–Trinajstić information content (AvgIpc) is 2.74. The summed E-state index contributed by atoms with van der Waals surface area (Å²) in [4.78, 5) is 43.7. The summed E-state index contributed by atoms with van der Waals surface area (Å²) in [6.07, 6.45) is 1.46. The molecule has 0 spiro atoms. The number of hydrogen-bond acceptors (Lipinski definition) is 7. The number of fused-ring (bicyclic) bond motifs is 1. The van der Waals surface area contributed by atoms with Gasteiger partial charge in [-0.25, -0.2) is 4.98 Å². The third kappa shape index (κ3) is 3.48. The topological polar surface area (TPSA) is 127 Å². The maximum absolute atomic E-state index is 12.7. The second-order valence-corrected chi connectivity index (χ2v) is 7.01. The number of pyridine rings is 1. The van der Waals surface area contributed by atoms with Crippen LogP contribution in [0.1, 0.15) is 11.6 Å². The standard InChI is InChI=1S/C20H20N6O4/c21-18(27)16(14-6-2-1-3-7-14)23-10-12-24(13-11-23)19-17(26(29)30)20(28)25-9-5-4-8-15(25)22-19/h1-9,16H,10-13H2,(H2,21,27). The molecule has 1 fully saturated rings. The number of carbonyl (C=O) groups is 1. The molecule has 1 saturated heterocycles. The van der Waals surface area contributed by atoms with Crippen LogP contribution >= 0.6 is 0 Å². The zero-order valence-corrected chi connectivity index (χ0v) is 16.0. The lowest BCUT2D eigenvalue weighted by Crippen LogP contribution is -2.51. The van der Waals surface area contributed by atoms with Gasteiger partial charge in [0.2, 0.25) is 11.7 Å². The minimum Gasteiger partial charge on any atom is -0.368 e. The van der Waals surface area contributed by atoms with Crippen molar-refractivity contribution >= 4 is 23.1 Å². The Morgan fingerprint density at radius 2 is 1.73 bits per heavy atom. The lowest BCUT2D eigenvalue weighted by atomic mass is 10.0. The summed E-state index contributed by atoms with van der Waals surface area (Å²) in [7, 11) is 0. The molecule has 0 aliphatic carbocycles. The summed E-state index contributed by atoms with van der Waals surface area (Å²) in [5.41, 5.74) is 5.51. The minimum atomic E-state index is -0.720. The maximum Gasteiger partial charge on any atom is 0.376 e. The van der Waals surface area contributed by atoms with Crippen LogP contribution in [0.15, 0.2) is 59.5 Å². The highest BCUT2D eigenvalue weighted by molar-refractivity contribution is 5.81. The van der Waals surface area contributed by atoms with Gasteiger partial charge in [-0.2, -0.15) is 0 Å². The molecular formula is C20H20N6O4. The molecule has 1 aliphatic heterocycles. The minimum absolute atomic E-state index is 0.0474. The molecule has 10 heteroatoms. The summed E-state index contributed by atoms with van der Waals surface area (Å²) in [5, 5.41) is 11.6. The van der Waals surface area contributed by atoms with Crippen molar-refractivity contribution in [3.63, 3.8) is 0 Å². The van der Waals surface area contributed by atoms with Crippen molar-refractivity contribution in [1.29, 1.82) is 0 Å². The summed E-state index contributed by atoms with van der Waals surface area (Å²) in [6, 6.07) is 13.6. The van der Waals surface area contributed by atoms with Crippen LogP contribution in [0, 0.1) is 10.1 Å². The molecule has 1 aliphatic rings. The van der Waals surface area contributed by atoms with E-state index in [2.05, 4.69) is 4.98 Å². The van der Waals surface area contributed by atoms with E-state index in [4.69, 9.17) is 5.73 Å². The van der Waals surface area contributed by atoms with E-state index in [0.29, 0.717) is 31.8 Å². The lowest BCUT2D eigenvalue weighted by Gasteiger charge is -2.38.